The molecule has 0 bridgehead atoms. The van der Waals surface area contributed by atoms with Gasteiger partial charge in [0, 0.05) is 17.3 Å². The van der Waals surface area contributed by atoms with Gasteiger partial charge in [-0.2, -0.15) is 0 Å². The number of rotatable bonds is 6. The second-order valence-electron chi connectivity index (χ2n) is 7.15. The van der Waals surface area contributed by atoms with Crippen LogP contribution in [-0.2, 0) is 10.0 Å². The number of ether oxygens (including phenoxy) is 3. The van der Waals surface area contributed by atoms with Crippen LogP contribution in [0.2, 0.25) is 0 Å². The standard InChI is InChI=1S/C23H22N2O6S/c1-15-3-9-20(29-2)19(13-15)24-23(26)16-4-6-17(7-5-16)25-32(27,28)18-8-10-21-22(14-18)31-12-11-30-21/h3-10,13-14,25H,11-12H2,1-2H3,(H,24,26). The van der Waals surface area contributed by atoms with Crippen LogP contribution >= 0.6 is 0 Å². The van der Waals surface area contributed by atoms with Crippen molar-refractivity contribution in [2.75, 3.05) is 30.4 Å². The van der Waals surface area contributed by atoms with Gasteiger partial charge < -0.3 is 19.5 Å². The fourth-order valence-electron chi connectivity index (χ4n) is 3.21. The SMILES string of the molecule is COc1ccc(C)cc1NC(=O)c1ccc(NS(=O)(=O)c2ccc3c(c2)OCCO3)cc1. The zero-order chi connectivity index (χ0) is 22.7. The molecule has 0 spiro atoms. The molecule has 1 amide bonds. The first-order chi connectivity index (χ1) is 15.4. The van der Waals surface area contributed by atoms with Gasteiger partial charge in [0.05, 0.1) is 17.7 Å². The summed E-state index contributed by atoms with van der Waals surface area (Å²) in [6.07, 6.45) is 0. The third-order valence-electron chi connectivity index (χ3n) is 4.83. The van der Waals surface area contributed by atoms with E-state index < -0.39 is 10.0 Å². The van der Waals surface area contributed by atoms with Crippen LogP contribution < -0.4 is 24.2 Å². The number of carbonyl (C=O) groups is 1. The second-order valence-corrected chi connectivity index (χ2v) is 8.83. The quantitative estimate of drug-likeness (QED) is 0.587. The maximum Gasteiger partial charge on any atom is 0.262 e. The summed E-state index contributed by atoms with van der Waals surface area (Å²) in [5.41, 5.74) is 2.23. The molecule has 1 heterocycles. The molecule has 0 saturated carbocycles. The zero-order valence-corrected chi connectivity index (χ0v) is 18.4. The Hall–Kier alpha value is -3.72. The van der Waals surface area contributed by atoms with Gasteiger partial charge in [-0.25, -0.2) is 8.42 Å². The molecule has 3 aromatic carbocycles. The fraction of sp³-hybridized carbons (Fsp3) is 0.174. The largest absolute Gasteiger partial charge is 0.495 e. The van der Waals surface area contributed by atoms with Crippen molar-refractivity contribution in [1.29, 1.82) is 0 Å². The number of anilines is 2. The maximum absolute atomic E-state index is 12.7. The van der Waals surface area contributed by atoms with Gasteiger partial charge in [-0.05, 0) is 61.0 Å². The summed E-state index contributed by atoms with van der Waals surface area (Å²) < 4.78 is 44.2. The number of sulfonamides is 1. The number of methoxy groups -OCH3 is 1. The van der Waals surface area contributed by atoms with E-state index >= 15 is 0 Å². The van der Waals surface area contributed by atoms with Crippen molar-refractivity contribution in [2.45, 2.75) is 11.8 Å². The van der Waals surface area contributed by atoms with Crippen LogP contribution in [0.1, 0.15) is 15.9 Å². The summed E-state index contributed by atoms with van der Waals surface area (Å²) in [4.78, 5) is 12.7. The van der Waals surface area contributed by atoms with Crippen LogP contribution in [-0.4, -0.2) is 34.6 Å². The topological polar surface area (TPSA) is 103 Å². The molecule has 3 aromatic rings. The molecule has 166 valence electrons. The van der Waals surface area contributed by atoms with E-state index in [0.29, 0.717) is 47.4 Å². The van der Waals surface area contributed by atoms with E-state index in [1.54, 1.807) is 24.3 Å². The Bertz CT molecular complexity index is 1260. The minimum Gasteiger partial charge on any atom is -0.495 e. The molecular formula is C23H22N2O6S. The average molecular weight is 455 g/mol. The smallest absolute Gasteiger partial charge is 0.262 e. The average Bonchev–Trinajstić information content (AvgIpc) is 2.79. The van der Waals surface area contributed by atoms with Crippen molar-refractivity contribution >= 4 is 27.3 Å². The Morgan fingerprint density at radius 1 is 0.938 bits per heavy atom. The molecule has 0 unspecified atom stereocenters. The van der Waals surface area contributed by atoms with Gasteiger partial charge in [-0.3, -0.25) is 9.52 Å². The molecule has 2 N–H and O–H groups in total. The number of benzene rings is 3. The molecule has 9 heteroatoms. The first-order valence-corrected chi connectivity index (χ1v) is 11.3. The van der Waals surface area contributed by atoms with Crippen LogP contribution in [0.15, 0.2) is 65.6 Å². The van der Waals surface area contributed by atoms with E-state index in [1.807, 2.05) is 19.1 Å². The van der Waals surface area contributed by atoms with E-state index in [2.05, 4.69) is 10.0 Å². The summed E-state index contributed by atoms with van der Waals surface area (Å²) in [6, 6.07) is 16.1. The lowest BCUT2D eigenvalue weighted by atomic mass is 10.1. The molecule has 0 radical (unpaired) electrons. The molecule has 32 heavy (non-hydrogen) atoms. The lowest BCUT2D eigenvalue weighted by molar-refractivity contribution is 0.102. The monoisotopic (exact) mass is 454 g/mol. The summed E-state index contributed by atoms with van der Waals surface area (Å²) in [7, 11) is -2.31. The second kappa shape index (κ2) is 8.80. The van der Waals surface area contributed by atoms with Crippen molar-refractivity contribution in [3.8, 4) is 17.2 Å². The van der Waals surface area contributed by atoms with E-state index in [9.17, 15) is 13.2 Å². The van der Waals surface area contributed by atoms with Gasteiger partial charge >= 0.3 is 0 Å². The van der Waals surface area contributed by atoms with Crippen LogP contribution in [0, 0.1) is 6.92 Å². The van der Waals surface area contributed by atoms with Crippen molar-refractivity contribution in [1.82, 2.24) is 0 Å². The van der Waals surface area contributed by atoms with Gasteiger partial charge in [-0.15, -0.1) is 0 Å². The van der Waals surface area contributed by atoms with Crippen molar-refractivity contribution < 1.29 is 27.4 Å². The molecule has 4 rings (SSSR count). The lowest BCUT2D eigenvalue weighted by Crippen LogP contribution is -2.17. The molecule has 0 saturated heterocycles. The Balaban J connectivity index is 1.48. The highest BCUT2D eigenvalue weighted by molar-refractivity contribution is 7.92. The van der Waals surface area contributed by atoms with Crippen molar-refractivity contribution in [3.63, 3.8) is 0 Å². The third kappa shape index (κ3) is 4.62. The summed E-state index contributed by atoms with van der Waals surface area (Å²) in [5, 5.41) is 2.81. The normalized spacial score (nSPS) is 12.7. The van der Waals surface area contributed by atoms with Gasteiger partial charge in [0.25, 0.3) is 15.9 Å². The van der Waals surface area contributed by atoms with Gasteiger partial charge in [0.1, 0.15) is 19.0 Å². The van der Waals surface area contributed by atoms with Crippen LogP contribution in [0.25, 0.3) is 0 Å². The number of carbonyl (C=O) groups excluding carboxylic acids is 1. The minimum absolute atomic E-state index is 0.0510. The summed E-state index contributed by atoms with van der Waals surface area (Å²) >= 11 is 0. The van der Waals surface area contributed by atoms with Gasteiger partial charge in [0.2, 0.25) is 0 Å². The van der Waals surface area contributed by atoms with E-state index in [4.69, 9.17) is 14.2 Å². The number of hydrogen-bond donors (Lipinski definition) is 2. The molecule has 0 fully saturated rings. The molecule has 0 atom stereocenters. The van der Waals surface area contributed by atoms with Crippen LogP contribution in [0.5, 0.6) is 17.2 Å². The van der Waals surface area contributed by atoms with Crippen LogP contribution in [0.4, 0.5) is 11.4 Å². The lowest BCUT2D eigenvalue weighted by Gasteiger charge is -2.19. The van der Waals surface area contributed by atoms with E-state index in [-0.39, 0.29) is 10.8 Å². The third-order valence-corrected chi connectivity index (χ3v) is 6.21. The molecule has 0 aromatic heterocycles. The highest BCUT2D eigenvalue weighted by Gasteiger charge is 2.20. The number of nitrogens with one attached hydrogen (secondary N) is 2. The van der Waals surface area contributed by atoms with Crippen molar-refractivity contribution in [3.05, 3.63) is 71.8 Å². The molecule has 1 aliphatic heterocycles. The number of hydrogen-bond acceptors (Lipinski definition) is 6. The Kier molecular flexibility index (Phi) is 5.91. The predicted molar refractivity (Wildman–Crippen MR) is 120 cm³/mol. The highest BCUT2D eigenvalue weighted by Crippen LogP contribution is 2.33. The zero-order valence-electron chi connectivity index (χ0n) is 17.5. The van der Waals surface area contributed by atoms with Crippen LogP contribution in [0.3, 0.4) is 0 Å². The van der Waals surface area contributed by atoms with E-state index in [1.165, 1.54) is 31.4 Å². The summed E-state index contributed by atoms with van der Waals surface area (Å²) in [5.74, 6) is 1.11. The number of fused-ring (bicyclic) bond motifs is 1. The van der Waals surface area contributed by atoms with Gasteiger partial charge in [-0.1, -0.05) is 6.07 Å². The highest BCUT2D eigenvalue weighted by atomic mass is 32.2. The van der Waals surface area contributed by atoms with E-state index in [0.717, 1.165) is 5.56 Å². The van der Waals surface area contributed by atoms with Gasteiger partial charge in [0.15, 0.2) is 11.5 Å². The minimum atomic E-state index is -3.84. The Morgan fingerprint density at radius 2 is 1.66 bits per heavy atom. The molecule has 1 aliphatic rings. The number of amides is 1. The Labute approximate surface area is 186 Å². The molecular weight excluding hydrogens is 432 g/mol. The summed E-state index contributed by atoms with van der Waals surface area (Å²) in [6.45, 7) is 2.70. The first-order valence-electron chi connectivity index (χ1n) is 9.84. The fourth-order valence-corrected chi connectivity index (χ4v) is 4.28. The number of aryl methyl sites for hydroxylation is 1. The Morgan fingerprint density at radius 3 is 2.38 bits per heavy atom. The molecule has 8 nitrogen and oxygen atoms in total. The van der Waals surface area contributed by atoms with Crippen molar-refractivity contribution in [2.24, 2.45) is 0 Å². The maximum atomic E-state index is 12.7. The first kappa shape index (κ1) is 21.5. The predicted octanol–water partition coefficient (Wildman–Crippen LogP) is 3.83. The molecule has 0 aliphatic carbocycles.